The Hall–Kier alpha value is -3.12. The van der Waals surface area contributed by atoms with Crippen molar-refractivity contribution in [1.29, 1.82) is 0 Å². The fourth-order valence-corrected chi connectivity index (χ4v) is 3.68. The van der Waals surface area contributed by atoms with Gasteiger partial charge in [-0.05, 0) is 62.1 Å². The highest BCUT2D eigenvalue weighted by molar-refractivity contribution is 9.10. The number of anilines is 2. The smallest absolute Gasteiger partial charge is 0.270 e. The summed E-state index contributed by atoms with van der Waals surface area (Å²) in [5.74, 6) is 0.379. The molecule has 1 unspecified atom stereocenters. The van der Waals surface area contributed by atoms with Gasteiger partial charge in [0.2, 0.25) is 0 Å². The van der Waals surface area contributed by atoms with Crippen molar-refractivity contribution >= 4 is 44.3 Å². The molecule has 2 aromatic carbocycles. The number of hydrogen-bond acceptors (Lipinski definition) is 4. The molecule has 5 nitrogen and oxygen atoms in total. The number of halogens is 1. The van der Waals surface area contributed by atoms with Gasteiger partial charge in [0.05, 0.1) is 11.6 Å². The van der Waals surface area contributed by atoms with Crippen molar-refractivity contribution in [3.63, 3.8) is 0 Å². The van der Waals surface area contributed by atoms with Crippen LogP contribution in [0.25, 0.3) is 11.0 Å². The van der Waals surface area contributed by atoms with Crippen LogP contribution in [0, 0.1) is 6.92 Å². The molecular weight excluding hydrogens is 454 g/mol. The van der Waals surface area contributed by atoms with Gasteiger partial charge >= 0.3 is 0 Å². The zero-order chi connectivity index (χ0) is 21.8. The number of carbonyl (C=O) groups is 1. The van der Waals surface area contributed by atoms with Crippen molar-refractivity contribution in [3.05, 3.63) is 88.2 Å². The SMILES string of the molecule is Cc1cc(Nc2nc(C(=O)NC(C)CCc3ccccc3)cc3occc23)ccc1Br. The van der Waals surface area contributed by atoms with Gasteiger partial charge in [0.15, 0.2) is 0 Å². The zero-order valence-corrected chi connectivity index (χ0v) is 19.1. The van der Waals surface area contributed by atoms with E-state index in [-0.39, 0.29) is 11.9 Å². The Kier molecular flexibility index (Phi) is 6.37. The van der Waals surface area contributed by atoms with Crippen molar-refractivity contribution < 1.29 is 9.21 Å². The lowest BCUT2D eigenvalue weighted by atomic mass is 10.1. The van der Waals surface area contributed by atoms with Crippen LogP contribution < -0.4 is 10.6 Å². The molecule has 0 aliphatic rings. The maximum absolute atomic E-state index is 12.9. The largest absolute Gasteiger partial charge is 0.464 e. The molecular formula is C25H24BrN3O2. The van der Waals surface area contributed by atoms with E-state index in [0.717, 1.165) is 34.0 Å². The Balaban J connectivity index is 1.50. The minimum Gasteiger partial charge on any atom is -0.464 e. The summed E-state index contributed by atoms with van der Waals surface area (Å²) >= 11 is 3.52. The minimum atomic E-state index is -0.214. The number of pyridine rings is 1. The van der Waals surface area contributed by atoms with Crippen LogP contribution in [0.4, 0.5) is 11.5 Å². The van der Waals surface area contributed by atoms with Crippen molar-refractivity contribution in [1.82, 2.24) is 10.3 Å². The van der Waals surface area contributed by atoms with E-state index in [9.17, 15) is 4.79 Å². The molecule has 0 saturated heterocycles. The first kappa shape index (κ1) is 21.1. The van der Waals surface area contributed by atoms with E-state index in [2.05, 4.69) is 43.7 Å². The molecule has 2 N–H and O–H groups in total. The Morgan fingerprint density at radius 3 is 2.71 bits per heavy atom. The van der Waals surface area contributed by atoms with Gasteiger partial charge < -0.3 is 15.1 Å². The number of aryl methyl sites for hydroxylation is 2. The number of rotatable bonds is 7. The molecule has 0 spiro atoms. The topological polar surface area (TPSA) is 67.2 Å². The van der Waals surface area contributed by atoms with Crippen molar-refractivity contribution in [2.24, 2.45) is 0 Å². The third kappa shape index (κ3) is 5.14. The number of nitrogens with zero attached hydrogens (tertiary/aromatic N) is 1. The lowest BCUT2D eigenvalue weighted by Crippen LogP contribution is -2.33. The van der Waals surface area contributed by atoms with Gasteiger partial charge in [-0.1, -0.05) is 46.3 Å². The van der Waals surface area contributed by atoms with E-state index in [1.54, 1.807) is 12.3 Å². The molecule has 0 saturated carbocycles. The third-order valence-corrected chi connectivity index (χ3v) is 6.08. The summed E-state index contributed by atoms with van der Waals surface area (Å²) in [4.78, 5) is 17.5. The van der Waals surface area contributed by atoms with E-state index in [4.69, 9.17) is 4.42 Å². The van der Waals surface area contributed by atoms with Crippen LogP contribution in [0.2, 0.25) is 0 Å². The van der Waals surface area contributed by atoms with Crippen molar-refractivity contribution in [2.75, 3.05) is 5.32 Å². The first-order chi connectivity index (χ1) is 15.0. The molecule has 158 valence electrons. The number of benzene rings is 2. The Morgan fingerprint density at radius 1 is 1.13 bits per heavy atom. The number of fused-ring (bicyclic) bond motifs is 1. The summed E-state index contributed by atoms with van der Waals surface area (Å²) in [5, 5.41) is 7.21. The average molecular weight is 478 g/mol. The average Bonchev–Trinajstić information content (AvgIpc) is 3.25. The second-order valence-corrected chi connectivity index (χ2v) is 8.53. The highest BCUT2D eigenvalue weighted by Gasteiger charge is 2.16. The summed E-state index contributed by atoms with van der Waals surface area (Å²) in [6.07, 6.45) is 3.36. The molecule has 0 radical (unpaired) electrons. The third-order valence-electron chi connectivity index (χ3n) is 5.19. The van der Waals surface area contributed by atoms with E-state index >= 15 is 0 Å². The second kappa shape index (κ2) is 9.35. The fraction of sp³-hybridized carbons (Fsp3) is 0.200. The van der Waals surface area contributed by atoms with Gasteiger partial charge in [0.25, 0.3) is 5.91 Å². The van der Waals surface area contributed by atoms with Crippen LogP contribution in [0.5, 0.6) is 0 Å². The van der Waals surface area contributed by atoms with Gasteiger partial charge in [-0.3, -0.25) is 4.79 Å². The number of carbonyl (C=O) groups excluding carboxylic acids is 1. The first-order valence-electron chi connectivity index (χ1n) is 10.3. The number of nitrogens with one attached hydrogen (secondary N) is 2. The van der Waals surface area contributed by atoms with Crippen LogP contribution in [0.15, 0.2) is 75.8 Å². The van der Waals surface area contributed by atoms with E-state index in [1.807, 2.05) is 56.3 Å². The zero-order valence-electron chi connectivity index (χ0n) is 17.5. The summed E-state index contributed by atoms with van der Waals surface area (Å²) in [6.45, 7) is 4.03. The maximum atomic E-state index is 12.9. The summed E-state index contributed by atoms with van der Waals surface area (Å²) in [7, 11) is 0. The number of amides is 1. The van der Waals surface area contributed by atoms with Gasteiger partial charge in [0.1, 0.15) is 17.1 Å². The molecule has 0 fully saturated rings. The highest BCUT2D eigenvalue weighted by Crippen LogP contribution is 2.28. The van der Waals surface area contributed by atoms with Gasteiger partial charge in [-0.25, -0.2) is 4.98 Å². The molecule has 2 heterocycles. The molecule has 1 atom stereocenters. The molecule has 2 aromatic heterocycles. The molecule has 4 aromatic rings. The second-order valence-electron chi connectivity index (χ2n) is 7.68. The van der Waals surface area contributed by atoms with Crippen molar-refractivity contribution in [2.45, 2.75) is 32.7 Å². The molecule has 1 amide bonds. The number of furan rings is 1. The van der Waals surface area contributed by atoms with Crippen LogP contribution >= 0.6 is 15.9 Å². The van der Waals surface area contributed by atoms with Crippen LogP contribution in [-0.2, 0) is 6.42 Å². The summed E-state index contributed by atoms with van der Waals surface area (Å²) < 4.78 is 6.61. The quantitative estimate of drug-likeness (QED) is 0.323. The number of hydrogen-bond donors (Lipinski definition) is 2. The molecule has 0 aliphatic heterocycles. The molecule has 4 rings (SSSR count). The highest BCUT2D eigenvalue weighted by atomic mass is 79.9. The van der Waals surface area contributed by atoms with E-state index in [1.165, 1.54) is 5.56 Å². The summed E-state index contributed by atoms with van der Waals surface area (Å²) in [6, 6.07) is 19.8. The molecule has 6 heteroatoms. The molecule has 0 aliphatic carbocycles. The Labute approximate surface area is 190 Å². The van der Waals surface area contributed by atoms with Crippen LogP contribution in [0.3, 0.4) is 0 Å². The predicted molar refractivity (Wildman–Crippen MR) is 128 cm³/mol. The lowest BCUT2D eigenvalue weighted by molar-refractivity contribution is 0.0933. The minimum absolute atomic E-state index is 0.0207. The van der Waals surface area contributed by atoms with Gasteiger partial charge in [-0.15, -0.1) is 0 Å². The Morgan fingerprint density at radius 2 is 1.94 bits per heavy atom. The Bertz CT molecular complexity index is 1200. The van der Waals surface area contributed by atoms with Gasteiger partial charge in [0, 0.05) is 22.3 Å². The normalized spacial score (nSPS) is 12.0. The van der Waals surface area contributed by atoms with Gasteiger partial charge in [-0.2, -0.15) is 0 Å². The summed E-state index contributed by atoms with van der Waals surface area (Å²) in [5.41, 5.74) is 4.20. The first-order valence-corrected chi connectivity index (χ1v) is 11.0. The van der Waals surface area contributed by atoms with Crippen molar-refractivity contribution in [3.8, 4) is 0 Å². The molecule has 31 heavy (non-hydrogen) atoms. The standard InChI is InChI=1S/C25H24BrN3O2/c1-16-14-19(10-11-21(16)26)28-24-20-12-13-31-23(20)15-22(29-24)25(30)27-17(2)8-9-18-6-4-3-5-7-18/h3-7,10-15,17H,8-9H2,1-2H3,(H,27,30)(H,28,29). The van der Waals surface area contributed by atoms with E-state index in [0.29, 0.717) is 17.1 Å². The number of aromatic nitrogens is 1. The fourth-order valence-electron chi connectivity index (χ4n) is 3.43. The maximum Gasteiger partial charge on any atom is 0.270 e. The molecule has 0 bridgehead atoms. The van der Waals surface area contributed by atoms with Crippen LogP contribution in [-0.4, -0.2) is 16.9 Å². The van der Waals surface area contributed by atoms with E-state index < -0.39 is 0 Å². The monoisotopic (exact) mass is 477 g/mol. The van der Waals surface area contributed by atoms with Crippen LogP contribution in [0.1, 0.15) is 35.0 Å². The lowest BCUT2D eigenvalue weighted by Gasteiger charge is -2.15. The predicted octanol–water partition coefficient (Wildman–Crippen LogP) is 6.39.